The van der Waals surface area contributed by atoms with Crippen LogP contribution in [0.15, 0.2) is 203 Å². The van der Waals surface area contributed by atoms with Crippen molar-refractivity contribution in [1.82, 2.24) is 0 Å². The summed E-state index contributed by atoms with van der Waals surface area (Å²) in [5.74, 6) is 1.89. The Bertz CT molecular complexity index is 3460. The van der Waals surface area contributed by atoms with Crippen molar-refractivity contribution >= 4 is 87.1 Å². The molecule has 0 aliphatic carbocycles. The molecule has 0 N–H and O–H groups in total. The van der Waals surface area contributed by atoms with Gasteiger partial charge in [0, 0.05) is 10.8 Å². The van der Waals surface area contributed by atoms with Gasteiger partial charge in [-0.15, -0.1) is 57.9 Å². The van der Waals surface area contributed by atoms with Gasteiger partial charge >= 0.3 is 53.5 Å². The van der Waals surface area contributed by atoms with Gasteiger partial charge in [0.1, 0.15) is 0 Å². The summed E-state index contributed by atoms with van der Waals surface area (Å²) >= 11 is -1.65. The van der Waals surface area contributed by atoms with Crippen LogP contribution in [0.4, 0.5) is 0 Å². The zero-order valence-electron chi connectivity index (χ0n) is 36.0. The second-order valence-corrected chi connectivity index (χ2v) is 39.7. The van der Waals surface area contributed by atoms with Gasteiger partial charge in [-0.05, 0) is 80.6 Å². The maximum atomic E-state index is 5.96. The smallest absolute Gasteiger partial charge is 0.0875 e. The van der Waals surface area contributed by atoms with E-state index in [0.717, 1.165) is 44.2 Å². The summed E-state index contributed by atoms with van der Waals surface area (Å²) in [6.07, 6.45) is 3.69. The Morgan fingerprint density at radius 3 is 1.20 bits per heavy atom. The van der Waals surface area contributed by atoms with Gasteiger partial charge in [0.15, 0.2) is 0 Å². The van der Waals surface area contributed by atoms with Gasteiger partial charge < -0.3 is 8.83 Å². The van der Waals surface area contributed by atoms with E-state index in [-0.39, 0.29) is 5.43 Å². The van der Waals surface area contributed by atoms with E-state index in [1.807, 2.05) is 24.7 Å². The Morgan fingerprint density at radius 2 is 0.797 bits per heavy atom. The molecule has 0 spiro atoms. The molecule has 12 aromatic rings. The second-order valence-electron chi connectivity index (χ2n) is 16.7. The van der Waals surface area contributed by atoms with Crippen molar-refractivity contribution in [3.8, 4) is 44.9 Å². The number of rotatable bonds is 4. The Hall–Kier alpha value is -5.74. The van der Waals surface area contributed by atoms with Crippen LogP contribution in [-0.4, -0.2) is 5.43 Å². The van der Waals surface area contributed by atoms with E-state index >= 15 is 0 Å². The van der Waals surface area contributed by atoms with E-state index in [9.17, 15) is 0 Å². The van der Waals surface area contributed by atoms with E-state index in [1.165, 1.54) is 76.5 Å². The predicted octanol–water partition coefficient (Wildman–Crippen LogP) is 18.4. The Morgan fingerprint density at radius 1 is 0.422 bits per heavy atom. The standard InChI is InChI=1S/2C28H19O.C2H6Si.2ClH.Zr/c2*1-18-10-11-21-15-24(28-25-9-5-4-8-23(25)17-29-28)16-26(21)27(18)22-13-12-19-6-2-3-7-20(19)14-22;1-3-2;;;/h2*2-17H,1H3;1-2H3;2*1H;/q2*-1;;;;+2/p-2. The maximum Gasteiger partial charge on any atom is 0.0875 e. The topological polar surface area (TPSA) is 26.3 Å². The average Bonchev–Trinajstić information content (AvgIpc) is 4.14. The summed E-state index contributed by atoms with van der Waals surface area (Å²) in [5, 5.41) is 14.7. The zero-order chi connectivity index (χ0) is 43.9. The third-order valence-corrected chi connectivity index (χ3v) is 31.9. The summed E-state index contributed by atoms with van der Waals surface area (Å²) in [5.41, 5.74) is 9.73. The fourth-order valence-corrected chi connectivity index (χ4v) is 8.93. The molecule has 10 aromatic carbocycles. The normalized spacial score (nSPS) is 11.3. The summed E-state index contributed by atoms with van der Waals surface area (Å²) < 4.78 is 11.9. The number of hydrogen-bond donors (Lipinski definition) is 0. The van der Waals surface area contributed by atoms with Gasteiger partial charge in [-0.1, -0.05) is 156 Å². The van der Waals surface area contributed by atoms with Crippen LogP contribution in [0.5, 0.6) is 0 Å². The van der Waals surface area contributed by atoms with Crippen LogP contribution >= 0.6 is 17.0 Å². The van der Waals surface area contributed by atoms with Gasteiger partial charge in [0.05, 0.1) is 24.0 Å². The number of furan rings is 2. The molecule has 0 saturated heterocycles. The molecule has 2 nitrogen and oxygen atoms in total. The van der Waals surface area contributed by atoms with Crippen LogP contribution in [-0.2, 0) is 18.0 Å². The molecule has 0 aliphatic rings. The van der Waals surface area contributed by atoms with Crippen molar-refractivity contribution in [3.05, 3.63) is 206 Å². The molecule has 12 rings (SSSR count). The molecule has 312 valence electrons. The van der Waals surface area contributed by atoms with Crippen LogP contribution in [0, 0.1) is 13.8 Å². The second kappa shape index (κ2) is 18.0. The monoisotopic (exact) mass is 960 g/mol. The minimum absolute atomic E-state index is 0.224. The molecule has 0 radical (unpaired) electrons. The van der Waals surface area contributed by atoms with Gasteiger partial charge in [-0.3, -0.25) is 0 Å². The molecule has 0 amide bonds. The van der Waals surface area contributed by atoms with Crippen LogP contribution in [0.3, 0.4) is 0 Å². The van der Waals surface area contributed by atoms with E-state index in [1.54, 1.807) is 0 Å². The van der Waals surface area contributed by atoms with Crippen molar-refractivity contribution in [2.24, 2.45) is 0 Å². The van der Waals surface area contributed by atoms with Crippen LogP contribution in [0.1, 0.15) is 11.1 Å². The Balaban J connectivity index is 0.000000135. The van der Waals surface area contributed by atoms with Gasteiger partial charge in [-0.25, -0.2) is 0 Å². The summed E-state index contributed by atoms with van der Waals surface area (Å²) in [7, 11) is 11.2. The van der Waals surface area contributed by atoms with E-state index in [2.05, 4.69) is 197 Å². The van der Waals surface area contributed by atoms with E-state index < -0.39 is 18.0 Å². The van der Waals surface area contributed by atoms with Crippen molar-refractivity contribution in [2.75, 3.05) is 0 Å². The molecule has 2 heterocycles. The molecule has 0 aliphatic heterocycles. The summed E-state index contributed by atoms with van der Waals surface area (Å²) in [6.45, 7) is 8.72. The third kappa shape index (κ3) is 8.26. The molecule has 0 bridgehead atoms. The van der Waals surface area contributed by atoms with Crippen LogP contribution in [0.2, 0.25) is 13.1 Å². The number of benzene rings is 8. The molecule has 0 unspecified atom stereocenters. The first-order valence-corrected chi connectivity index (χ1v) is 34.0. The number of hydrogen-bond acceptors (Lipinski definition) is 2. The SMILES string of the molecule is C[Si](C)=[Zr]([Cl])[Cl].Cc1ccc2[cH-]c(-c3occ4ccccc34)cc2c1-c1ccc2ccccc2c1.Cc1ccc2[cH-]c(-c3occ4ccccc34)cc2c1-c1ccc2ccccc2c1. The van der Waals surface area contributed by atoms with Crippen LogP contribution < -0.4 is 0 Å². The first kappa shape index (κ1) is 42.2. The summed E-state index contributed by atoms with van der Waals surface area (Å²) in [6, 6.07) is 65.1. The van der Waals surface area contributed by atoms with Gasteiger partial charge in [0.25, 0.3) is 0 Å². The Labute approximate surface area is 388 Å². The predicted molar refractivity (Wildman–Crippen MR) is 274 cm³/mol. The summed E-state index contributed by atoms with van der Waals surface area (Å²) in [4.78, 5) is 0. The van der Waals surface area contributed by atoms with Crippen molar-refractivity contribution < 1.29 is 26.8 Å². The molecule has 6 heteroatoms. The molecular formula is C58H44Cl2O2SiZr-2. The fraction of sp³-hybridized carbons (Fsp3) is 0.0690. The van der Waals surface area contributed by atoms with E-state index in [0.29, 0.717) is 0 Å². The Kier molecular flexibility index (Phi) is 11.9. The number of halogens is 2. The minimum atomic E-state index is -1.65. The first-order chi connectivity index (χ1) is 31.2. The quantitative estimate of drug-likeness (QED) is 0.130. The number of fused-ring (bicyclic) bond motifs is 6. The van der Waals surface area contributed by atoms with Crippen molar-refractivity contribution in [2.45, 2.75) is 26.9 Å². The van der Waals surface area contributed by atoms with Crippen LogP contribution in [0.25, 0.3) is 110 Å². The molecule has 64 heavy (non-hydrogen) atoms. The van der Waals surface area contributed by atoms with Crippen molar-refractivity contribution in [1.29, 1.82) is 0 Å². The van der Waals surface area contributed by atoms with E-state index in [4.69, 9.17) is 25.9 Å². The number of aryl methyl sites for hydroxylation is 2. The van der Waals surface area contributed by atoms with Crippen molar-refractivity contribution in [3.63, 3.8) is 0 Å². The molecule has 2 aromatic heterocycles. The third-order valence-electron chi connectivity index (χ3n) is 12.2. The minimum Gasteiger partial charge on any atom is -0.498 e. The molecule has 0 fully saturated rings. The van der Waals surface area contributed by atoms with Gasteiger partial charge in [0.2, 0.25) is 0 Å². The molecular weight excluding hydrogens is 919 g/mol. The first-order valence-electron chi connectivity index (χ1n) is 21.5. The molecule has 0 atom stereocenters. The zero-order valence-corrected chi connectivity index (χ0v) is 41.0. The average molecular weight is 963 g/mol. The fourth-order valence-electron chi connectivity index (χ4n) is 8.93. The maximum absolute atomic E-state index is 5.96. The molecule has 0 saturated carbocycles. The largest absolute Gasteiger partial charge is 0.498 e. The van der Waals surface area contributed by atoms with Gasteiger partial charge in [-0.2, -0.15) is 0 Å².